The predicted octanol–water partition coefficient (Wildman–Crippen LogP) is 3.93. The Bertz CT molecular complexity index is 958. The third-order valence-electron chi connectivity index (χ3n) is 3.31. The lowest BCUT2D eigenvalue weighted by Crippen LogP contribution is -2.22. The maximum Gasteiger partial charge on any atom is 0.272 e. The van der Waals surface area contributed by atoms with Gasteiger partial charge in [0.1, 0.15) is 4.70 Å². The molecule has 0 aliphatic rings. The molecule has 0 spiro atoms. The van der Waals surface area contributed by atoms with Gasteiger partial charge >= 0.3 is 0 Å². The average Bonchev–Trinajstić information content (AvgIpc) is 2.94. The summed E-state index contributed by atoms with van der Waals surface area (Å²) in [6.07, 6.45) is 0. The van der Waals surface area contributed by atoms with Gasteiger partial charge in [0.05, 0.1) is 23.7 Å². The highest BCUT2D eigenvalue weighted by atomic mass is 79.9. The molecule has 0 aliphatic carbocycles. The number of nitriles is 1. The SMILES string of the molecule is N#Cc1ccccc1Cn1c(Cl)nc2c(CBr)csc2c1=O. The smallest absolute Gasteiger partial charge is 0.272 e. The molecule has 0 saturated heterocycles. The summed E-state index contributed by atoms with van der Waals surface area (Å²) in [5, 5.41) is 11.8. The molecule has 22 heavy (non-hydrogen) atoms. The second-order valence-electron chi connectivity index (χ2n) is 4.61. The van der Waals surface area contributed by atoms with Crippen LogP contribution in [0.15, 0.2) is 34.4 Å². The van der Waals surface area contributed by atoms with E-state index in [-0.39, 0.29) is 17.4 Å². The second-order valence-corrected chi connectivity index (χ2v) is 6.39. The highest BCUT2D eigenvalue weighted by Gasteiger charge is 2.15. The quantitative estimate of drug-likeness (QED) is 0.499. The molecule has 110 valence electrons. The van der Waals surface area contributed by atoms with E-state index in [0.29, 0.717) is 21.1 Å². The summed E-state index contributed by atoms with van der Waals surface area (Å²) in [5.41, 5.74) is 2.68. The van der Waals surface area contributed by atoms with Crippen LogP contribution in [-0.2, 0) is 11.9 Å². The lowest BCUT2D eigenvalue weighted by Gasteiger charge is -2.09. The van der Waals surface area contributed by atoms with E-state index in [1.807, 2.05) is 17.5 Å². The van der Waals surface area contributed by atoms with Crippen molar-refractivity contribution in [1.82, 2.24) is 9.55 Å². The van der Waals surface area contributed by atoms with Gasteiger partial charge in [-0.3, -0.25) is 9.36 Å². The van der Waals surface area contributed by atoms with Crippen LogP contribution < -0.4 is 5.56 Å². The Labute approximate surface area is 143 Å². The number of thiophene rings is 1. The number of alkyl halides is 1. The van der Waals surface area contributed by atoms with Gasteiger partial charge in [-0.05, 0) is 28.6 Å². The van der Waals surface area contributed by atoms with Crippen LogP contribution in [0.1, 0.15) is 16.7 Å². The van der Waals surface area contributed by atoms with Crippen LogP contribution >= 0.6 is 38.9 Å². The number of hydrogen-bond donors (Lipinski definition) is 0. The van der Waals surface area contributed by atoms with E-state index in [0.717, 1.165) is 11.1 Å². The van der Waals surface area contributed by atoms with Crippen LogP contribution in [0.25, 0.3) is 10.2 Å². The van der Waals surface area contributed by atoms with Crippen LogP contribution in [0.3, 0.4) is 0 Å². The fourth-order valence-electron chi connectivity index (χ4n) is 2.19. The van der Waals surface area contributed by atoms with E-state index in [2.05, 4.69) is 27.0 Å². The number of fused-ring (bicyclic) bond motifs is 1. The minimum Gasteiger partial charge on any atom is -0.278 e. The topological polar surface area (TPSA) is 58.7 Å². The van der Waals surface area contributed by atoms with Gasteiger partial charge in [0.2, 0.25) is 5.28 Å². The number of halogens is 2. The van der Waals surface area contributed by atoms with Gasteiger partial charge < -0.3 is 0 Å². The maximum absolute atomic E-state index is 12.6. The molecular weight excluding hydrogens is 386 g/mol. The monoisotopic (exact) mass is 393 g/mol. The minimum absolute atomic E-state index is 0.130. The van der Waals surface area contributed by atoms with Gasteiger partial charge in [0.15, 0.2) is 0 Å². The highest BCUT2D eigenvalue weighted by Crippen LogP contribution is 2.25. The van der Waals surface area contributed by atoms with E-state index in [1.165, 1.54) is 15.9 Å². The molecule has 0 saturated carbocycles. The minimum atomic E-state index is -0.181. The van der Waals surface area contributed by atoms with Gasteiger partial charge in [-0.1, -0.05) is 34.1 Å². The lowest BCUT2D eigenvalue weighted by molar-refractivity contribution is 0.749. The summed E-state index contributed by atoms with van der Waals surface area (Å²) in [6.45, 7) is 0.228. The Balaban J connectivity index is 2.16. The third-order valence-corrected chi connectivity index (χ3v) is 5.21. The molecule has 2 aromatic heterocycles. The molecule has 0 N–H and O–H groups in total. The molecule has 0 amide bonds. The third kappa shape index (κ3) is 2.56. The molecule has 0 fully saturated rings. The summed E-state index contributed by atoms with van der Waals surface area (Å²) in [6, 6.07) is 9.26. The van der Waals surface area contributed by atoms with Crippen molar-refractivity contribution in [2.75, 3.05) is 0 Å². The lowest BCUT2D eigenvalue weighted by atomic mass is 10.1. The first-order chi connectivity index (χ1) is 10.7. The Kier molecular flexibility index (Phi) is 4.30. The van der Waals surface area contributed by atoms with E-state index in [4.69, 9.17) is 16.9 Å². The molecule has 3 aromatic rings. The summed E-state index contributed by atoms with van der Waals surface area (Å²) < 4.78 is 1.97. The van der Waals surface area contributed by atoms with Crippen LogP contribution in [0, 0.1) is 11.3 Å². The van der Waals surface area contributed by atoms with E-state index in [1.54, 1.807) is 12.1 Å². The zero-order valence-corrected chi connectivity index (χ0v) is 14.4. The Morgan fingerprint density at radius 3 is 2.86 bits per heavy atom. The van der Waals surface area contributed by atoms with Crippen LogP contribution in [0.4, 0.5) is 0 Å². The van der Waals surface area contributed by atoms with Crippen molar-refractivity contribution in [3.8, 4) is 6.07 Å². The van der Waals surface area contributed by atoms with Crippen molar-refractivity contribution >= 4 is 49.1 Å². The average molecular weight is 395 g/mol. The maximum atomic E-state index is 12.6. The summed E-state index contributed by atoms with van der Waals surface area (Å²) >= 11 is 10.9. The largest absolute Gasteiger partial charge is 0.278 e. The molecule has 0 unspecified atom stereocenters. The first-order valence-electron chi connectivity index (χ1n) is 6.36. The summed E-state index contributed by atoms with van der Waals surface area (Å²) in [5.74, 6) is 0. The predicted molar refractivity (Wildman–Crippen MR) is 91.8 cm³/mol. The standard InChI is InChI=1S/C15H9BrClN3OS/c16-5-11-8-22-13-12(11)19-15(17)20(14(13)21)7-10-4-2-1-3-9(10)6-18/h1-4,8H,5,7H2. The van der Waals surface area contributed by atoms with Crippen LogP contribution in [0.2, 0.25) is 5.28 Å². The molecule has 7 heteroatoms. The van der Waals surface area contributed by atoms with E-state index >= 15 is 0 Å². The highest BCUT2D eigenvalue weighted by molar-refractivity contribution is 9.08. The first kappa shape index (κ1) is 15.2. The zero-order valence-electron chi connectivity index (χ0n) is 11.2. The fourth-order valence-corrected chi connectivity index (χ4v) is 4.01. The number of benzene rings is 1. The molecule has 3 rings (SSSR count). The van der Waals surface area contributed by atoms with E-state index < -0.39 is 0 Å². The molecule has 2 heterocycles. The van der Waals surface area contributed by atoms with Crippen molar-refractivity contribution in [3.05, 3.63) is 62.0 Å². The molecule has 0 atom stereocenters. The van der Waals surface area contributed by atoms with Gasteiger partial charge in [0, 0.05) is 10.9 Å². The van der Waals surface area contributed by atoms with E-state index in [9.17, 15) is 4.79 Å². The van der Waals surface area contributed by atoms with Crippen LogP contribution in [0.5, 0.6) is 0 Å². The number of aromatic nitrogens is 2. The molecule has 0 aliphatic heterocycles. The summed E-state index contributed by atoms with van der Waals surface area (Å²) in [4.78, 5) is 17.0. The van der Waals surface area contributed by atoms with Crippen molar-refractivity contribution < 1.29 is 0 Å². The van der Waals surface area contributed by atoms with Crippen molar-refractivity contribution in [3.63, 3.8) is 0 Å². The van der Waals surface area contributed by atoms with Crippen LogP contribution in [-0.4, -0.2) is 9.55 Å². The fraction of sp³-hybridized carbons (Fsp3) is 0.133. The zero-order chi connectivity index (χ0) is 15.7. The van der Waals surface area contributed by atoms with Crippen molar-refractivity contribution in [2.24, 2.45) is 0 Å². The normalized spacial score (nSPS) is 10.8. The van der Waals surface area contributed by atoms with Crippen molar-refractivity contribution in [2.45, 2.75) is 11.9 Å². The first-order valence-corrected chi connectivity index (χ1v) is 8.74. The van der Waals surface area contributed by atoms with Gasteiger partial charge in [-0.25, -0.2) is 4.98 Å². The molecular formula is C15H9BrClN3OS. The number of nitrogens with zero attached hydrogens (tertiary/aromatic N) is 3. The van der Waals surface area contributed by atoms with Gasteiger partial charge in [-0.15, -0.1) is 11.3 Å². The molecule has 0 radical (unpaired) electrons. The molecule has 0 bridgehead atoms. The molecule has 4 nitrogen and oxygen atoms in total. The van der Waals surface area contributed by atoms with Gasteiger partial charge in [-0.2, -0.15) is 5.26 Å². The number of hydrogen-bond acceptors (Lipinski definition) is 4. The Morgan fingerprint density at radius 2 is 2.14 bits per heavy atom. The second kappa shape index (κ2) is 6.21. The molecule has 1 aromatic carbocycles. The Hall–Kier alpha value is -1.68. The Morgan fingerprint density at radius 1 is 1.36 bits per heavy atom. The summed E-state index contributed by atoms with van der Waals surface area (Å²) in [7, 11) is 0. The van der Waals surface area contributed by atoms with Crippen molar-refractivity contribution in [1.29, 1.82) is 5.26 Å². The van der Waals surface area contributed by atoms with Gasteiger partial charge in [0.25, 0.3) is 5.56 Å². The number of rotatable bonds is 3.